The van der Waals surface area contributed by atoms with Crippen LogP contribution in [0.3, 0.4) is 0 Å². The van der Waals surface area contributed by atoms with Crippen LogP contribution in [0.15, 0.2) is 0 Å². The maximum atomic E-state index is 5.62. The second-order valence-corrected chi connectivity index (χ2v) is 4.73. The van der Waals surface area contributed by atoms with E-state index < -0.39 is 0 Å². The van der Waals surface area contributed by atoms with Crippen LogP contribution in [0.1, 0.15) is 19.8 Å². The summed E-state index contributed by atoms with van der Waals surface area (Å²) in [6, 6.07) is 0.677. The second-order valence-electron chi connectivity index (χ2n) is 4.73. The second kappa shape index (κ2) is 4.78. The van der Waals surface area contributed by atoms with Gasteiger partial charge in [-0.15, -0.1) is 0 Å². The van der Waals surface area contributed by atoms with Crippen LogP contribution in [0.2, 0.25) is 0 Å². The van der Waals surface area contributed by atoms with Gasteiger partial charge in [-0.3, -0.25) is 4.90 Å². The zero-order valence-electron chi connectivity index (χ0n) is 9.79. The largest absolute Gasteiger partial charge is 0.347 e. The highest BCUT2D eigenvalue weighted by molar-refractivity contribution is 4.80. The van der Waals surface area contributed by atoms with E-state index in [-0.39, 0.29) is 5.79 Å². The molecule has 2 fully saturated rings. The van der Waals surface area contributed by atoms with Gasteiger partial charge < -0.3 is 14.8 Å². The average Bonchev–Trinajstić information content (AvgIpc) is 2.66. The van der Waals surface area contributed by atoms with Crippen LogP contribution >= 0.6 is 0 Å². The van der Waals surface area contributed by atoms with Crippen molar-refractivity contribution in [3.8, 4) is 0 Å². The van der Waals surface area contributed by atoms with Crippen molar-refractivity contribution in [1.82, 2.24) is 10.2 Å². The molecule has 0 aromatic heterocycles. The van der Waals surface area contributed by atoms with E-state index in [9.17, 15) is 0 Å². The Balaban J connectivity index is 1.82. The smallest absolute Gasteiger partial charge is 0.178 e. The van der Waals surface area contributed by atoms with Crippen LogP contribution in [-0.2, 0) is 9.47 Å². The molecule has 2 aliphatic heterocycles. The predicted octanol–water partition coefficient (Wildman–Crippen LogP) is 0.433. The van der Waals surface area contributed by atoms with Crippen LogP contribution < -0.4 is 5.32 Å². The zero-order valence-corrected chi connectivity index (χ0v) is 9.79. The summed E-state index contributed by atoms with van der Waals surface area (Å²) >= 11 is 0. The van der Waals surface area contributed by atoms with E-state index in [1.54, 1.807) is 0 Å². The maximum absolute atomic E-state index is 5.62. The van der Waals surface area contributed by atoms with Crippen molar-refractivity contribution in [3.63, 3.8) is 0 Å². The predicted molar refractivity (Wildman–Crippen MR) is 58.8 cm³/mol. The minimum absolute atomic E-state index is 0.375. The molecule has 2 heterocycles. The van der Waals surface area contributed by atoms with E-state index >= 15 is 0 Å². The van der Waals surface area contributed by atoms with E-state index in [1.165, 1.54) is 12.8 Å². The van der Waals surface area contributed by atoms with Gasteiger partial charge in [0.2, 0.25) is 0 Å². The number of nitrogens with zero attached hydrogens (tertiary/aromatic N) is 1. The lowest BCUT2D eigenvalue weighted by atomic mass is 10.0. The number of hydrogen-bond acceptors (Lipinski definition) is 4. The fourth-order valence-electron chi connectivity index (χ4n) is 2.48. The summed E-state index contributed by atoms with van der Waals surface area (Å²) in [4.78, 5) is 2.38. The van der Waals surface area contributed by atoms with Crippen LogP contribution in [0.4, 0.5) is 0 Å². The third-order valence-electron chi connectivity index (χ3n) is 3.37. The fourth-order valence-corrected chi connectivity index (χ4v) is 2.48. The SMILES string of the molecule is CN(CC1(C)OCCO1)C1CCNCC1. The number of likely N-dealkylation sites (N-methyl/N-ethyl adjacent to an activating group) is 1. The summed E-state index contributed by atoms with van der Waals surface area (Å²) in [6.07, 6.45) is 2.46. The molecule has 0 aromatic rings. The van der Waals surface area contributed by atoms with Crippen molar-refractivity contribution in [2.24, 2.45) is 0 Å². The van der Waals surface area contributed by atoms with Gasteiger partial charge in [-0.2, -0.15) is 0 Å². The minimum Gasteiger partial charge on any atom is -0.347 e. The molecule has 0 saturated carbocycles. The molecular weight excluding hydrogens is 192 g/mol. The Morgan fingerprint density at radius 1 is 1.27 bits per heavy atom. The van der Waals surface area contributed by atoms with Gasteiger partial charge in [0.15, 0.2) is 5.79 Å². The lowest BCUT2D eigenvalue weighted by Gasteiger charge is -2.36. The molecule has 2 saturated heterocycles. The van der Waals surface area contributed by atoms with Crippen LogP contribution in [0, 0.1) is 0 Å². The van der Waals surface area contributed by atoms with Crippen LogP contribution in [0.5, 0.6) is 0 Å². The fraction of sp³-hybridized carbons (Fsp3) is 1.00. The quantitative estimate of drug-likeness (QED) is 0.739. The van der Waals surface area contributed by atoms with Crippen molar-refractivity contribution in [2.45, 2.75) is 31.6 Å². The molecule has 88 valence electrons. The summed E-state index contributed by atoms with van der Waals surface area (Å²) in [5.41, 5.74) is 0. The molecule has 2 aliphatic rings. The standard InChI is InChI=1S/C11H22N2O2/c1-11(14-7-8-15-11)9-13(2)10-3-5-12-6-4-10/h10,12H,3-9H2,1-2H3. The monoisotopic (exact) mass is 214 g/mol. The Morgan fingerprint density at radius 2 is 1.87 bits per heavy atom. The Bertz CT molecular complexity index is 199. The van der Waals surface area contributed by atoms with Gasteiger partial charge in [-0.25, -0.2) is 0 Å². The third-order valence-corrected chi connectivity index (χ3v) is 3.37. The number of rotatable bonds is 3. The van der Waals surface area contributed by atoms with Crippen LogP contribution in [-0.4, -0.2) is 56.6 Å². The highest BCUT2D eigenvalue weighted by Crippen LogP contribution is 2.21. The molecule has 0 spiro atoms. The summed E-state index contributed by atoms with van der Waals surface area (Å²) in [7, 11) is 2.17. The first-order valence-corrected chi connectivity index (χ1v) is 5.88. The summed E-state index contributed by atoms with van der Waals surface area (Å²) in [5, 5.41) is 3.38. The molecule has 0 aromatic carbocycles. The minimum atomic E-state index is -0.375. The summed E-state index contributed by atoms with van der Waals surface area (Å²) in [5.74, 6) is -0.375. The average molecular weight is 214 g/mol. The molecule has 2 rings (SSSR count). The Kier molecular flexibility index (Phi) is 3.61. The van der Waals surface area contributed by atoms with Gasteiger partial charge in [0, 0.05) is 6.04 Å². The molecule has 0 amide bonds. The lowest BCUT2D eigenvalue weighted by molar-refractivity contribution is -0.158. The van der Waals surface area contributed by atoms with Gasteiger partial charge in [0.05, 0.1) is 19.8 Å². The molecule has 15 heavy (non-hydrogen) atoms. The normalized spacial score (nSPS) is 27.4. The van der Waals surface area contributed by atoms with Crippen molar-refractivity contribution in [3.05, 3.63) is 0 Å². The van der Waals surface area contributed by atoms with E-state index in [1.807, 2.05) is 6.92 Å². The highest BCUT2D eigenvalue weighted by Gasteiger charge is 2.34. The van der Waals surface area contributed by atoms with Gasteiger partial charge in [-0.1, -0.05) is 0 Å². The number of hydrogen-bond donors (Lipinski definition) is 1. The Hall–Kier alpha value is -0.160. The van der Waals surface area contributed by atoms with Crippen LogP contribution in [0.25, 0.3) is 0 Å². The first-order valence-electron chi connectivity index (χ1n) is 5.88. The summed E-state index contributed by atoms with van der Waals surface area (Å²) < 4.78 is 11.2. The van der Waals surface area contributed by atoms with Crippen molar-refractivity contribution in [2.75, 3.05) is 39.9 Å². The number of nitrogens with one attached hydrogen (secondary N) is 1. The van der Waals surface area contributed by atoms with E-state index in [4.69, 9.17) is 9.47 Å². The molecule has 4 heteroatoms. The van der Waals surface area contributed by atoms with Gasteiger partial charge >= 0.3 is 0 Å². The molecule has 0 unspecified atom stereocenters. The van der Waals surface area contributed by atoms with Crippen molar-refractivity contribution in [1.29, 1.82) is 0 Å². The molecule has 0 radical (unpaired) electrons. The van der Waals surface area contributed by atoms with E-state index in [2.05, 4.69) is 17.3 Å². The topological polar surface area (TPSA) is 33.7 Å². The molecule has 4 nitrogen and oxygen atoms in total. The third kappa shape index (κ3) is 2.91. The van der Waals surface area contributed by atoms with Crippen molar-refractivity contribution < 1.29 is 9.47 Å². The molecular formula is C11H22N2O2. The van der Waals surface area contributed by atoms with Gasteiger partial charge in [0.1, 0.15) is 0 Å². The Morgan fingerprint density at radius 3 is 2.47 bits per heavy atom. The highest BCUT2D eigenvalue weighted by atomic mass is 16.7. The molecule has 1 N–H and O–H groups in total. The lowest BCUT2D eigenvalue weighted by Crippen LogP contribution is -2.48. The maximum Gasteiger partial charge on any atom is 0.178 e. The van der Waals surface area contributed by atoms with Gasteiger partial charge in [-0.05, 0) is 39.9 Å². The van der Waals surface area contributed by atoms with E-state index in [0.717, 1.165) is 32.8 Å². The van der Waals surface area contributed by atoms with E-state index in [0.29, 0.717) is 6.04 Å². The first kappa shape index (κ1) is 11.3. The number of ether oxygens (including phenoxy) is 2. The zero-order chi connectivity index (χ0) is 10.7. The first-order chi connectivity index (χ1) is 7.20. The summed E-state index contributed by atoms with van der Waals surface area (Å²) in [6.45, 7) is 6.64. The molecule has 0 aliphatic carbocycles. The Labute approximate surface area is 91.9 Å². The molecule has 0 atom stereocenters. The van der Waals surface area contributed by atoms with Gasteiger partial charge in [0.25, 0.3) is 0 Å². The van der Waals surface area contributed by atoms with Crippen molar-refractivity contribution >= 4 is 0 Å². The number of piperidine rings is 1. The molecule has 0 bridgehead atoms.